The van der Waals surface area contributed by atoms with Crippen LogP contribution in [-0.4, -0.2) is 19.8 Å². The highest BCUT2D eigenvalue weighted by atomic mass is 35.5. The van der Waals surface area contributed by atoms with Gasteiger partial charge in [-0.3, -0.25) is 0 Å². The molecule has 0 spiro atoms. The molecule has 0 aromatic heterocycles. The Morgan fingerprint density at radius 3 is 3.00 bits per heavy atom. The van der Waals surface area contributed by atoms with Crippen LogP contribution in [0.15, 0.2) is 18.2 Å². The van der Waals surface area contributed by atoms with E-state index in [0.717, 1.165) is 18.7 Å². The molecule has 0 amide bonds. The molecule has 3 nitrogen and oxygen atoms in total. The summed E-state index contributed by atoms with van der Waals surface area (Å²) in [5, 5.41) is 3.96. The number of morpholine rings is 1. The second kappa shape index (κ2) is 4.17. The molecule has 0 unspecified atom stereocenters. The first-order valence-corrected chi connectivity index (χ1v) is 5.01. The molecule has 1 aliphatic rings. The summed E-state index contributed by atoms with van der Waals surface area (Å²) < 4.78 is 5.37. The van der Waals surface area contributed by atoms with Crippen molar-refractivity contribution in [3.8, 4) is 0 Å². The predicted octanol–water partition coefficient (Wildman–Crippen LogP) is 1.58. The van der Waals surface area contributed by atoms with Crippen LogP contribution in [0.4, 0.5) is 5.69 Å². The van der Waals surface area contributed by atoms with E-state index < -0.39 is 0 Å². The number of nitrogen functional groups attached to an aromatic ring is 1. The van der Waals surface area contributed by atoms with Gasteiger partial charge in [0.2, 0.25) is 0 Å². The number of hydrogen-bond acceptors (Lipinski definition) is 3. The maximum Gasteiger partial charge on any atom is 0.0662 e. The van der Waals surface area contributed by atoms with Crippen LogP contribution in [0, 0.1) is 0 Å². The molecule has 1 heterocycles. The monoisotopic (exact) mass is 212 g/mol. The fraction of sp³-hybridized carbons (Fsp3) is 0.400. The van der Waals surface area contributed by atoms with Gasteiger partial charge in [-0.25, -0.2) is 0 Å². The van der Waals surface area contributed by atoms with Gasteiger partial charge in [0, 0.05) is 6.54 Å². The third-order valence-corrected chi connectivity index (χ3v) is 2.68. The molecule has 0 radical (unpaired) electrons. The first kappa shape index (κ1) is 9.77. The molecular formula is C10H13ClN2O. The summed E-state index contributed by atoms with van der Waals surface area (Å²) in [7, 11) is 0. The van der Waals surface area contributed by atoms with Gasteiger partial charge in [0.25, 0.3) is 0 Å². The molecule has 1 fully saturated rings. The van der Waals surface area contributed by atoms with Gasteiger partial charge < -0.3 is 15.8 Å². The molecular weight excluding hydrogens is 200 g/mol. The van der Waals surface area contributed by atoms with E-state index in [4.69, 9.17) is 22.1 Å². The summed E-state index contributed by atoms with van der Waals surface area (Å²) in [5.41, 5.74) is 7.38. The van der Waals surface area contributed by atoms with Gasteiger partial charge in [-0.15, -0.1) is 0 Å². The lowest BCUT2D eigenvalue weighted by molar-refractivity contribution is 0.0769. The van der Waals surface area contributed by atoms with E-state index in [9.17, 15) is 0 Å². The van der Waals surface area contributed by atoms with Gasteiger partial charge in [-0.2, -0.15) is 0 Å². The molecule has 1 atom stereocenters. The van der Waals surface area contributed by atoms with Crippen LogP contribution >= 0.6 is 11.6 Å². The van der Waals surface area contributed by atoms with Crippen LogP contribution in [0.3, 0.4) is 0 Å². The fourth-order valence-electron chi connectivity index (χ4n) is 1.54. The molecule has 1 aromatic carbocycles. The van der Waals surface area contributed by atoms with Crippen molar-refractivity contribution in [2.24, 2.45) is 0 Å². The van der Waals surface area contributed by atoms with E-state index in [1.165, 1.54) is 0 Å². The molecule has 1 aromatic rings. The van der Waals surface area contributed by atoms with Crippen LogP contribution in [0.25, 0.3) is 0 Å². The fourth-order valence-corrected chi connectivity index (χ4v) is 1.73. The highest BCUT2D eigenvalue weighted by molar-refractivity contribution is 6.33. The smallest absolute Gasteiger partial charge is 0.0662 e. The standard InChI is InChI=1S/C10H13ClN2O/c11-8-5-7(1-2-9(8)12)10-6-14-4-3-13-10/h1-2,5,10,13H,3-4,6,12H2/t10-/m1/s1. The molecule has 0 bridgehead atoms. The lowest BCUT2D eigenvalue weighted by Gasteiger charge is -2.24. The minimum atomic E-state index is 0.238. The Labute approximate surface area is 88.2 Å². The Morgan fingerprint density at radius 1 is 1.50 bits per heavy atom. The summed E-state index contributed by atoms with van der Waals surface area (Å²) in [6.07, 6.45) is 0. The predicted molar refractivity (Wildman–Crippen MR) is 57.4 cm³/mol. The summed E-state index contributed by atoms with van der Waals surface area (Å²) in [6.45, 7) is 2.35. The van der Waals surface area contributed by atoms with Gasteiger partial charge in [0.05, 0.1) is 30.0 Å². The largest absolute Gasteiger partial charge is 0.398 e. The third kappa shape index (κ3) is 2.00. The van der Waals surface area contributed by atoms with E-state index in [2.05, 4.69) is 5.32 Å². The van der Waals surface area contributed by atoms with E-state index in [0.29, 0.717) is 17.3 Å². The Morgan fingerprint density at radius 2 is 2.36 bits per heavy atom. The van der Waals surface area contributed by atoms with Crippen molar-refractivity contribution < 1.29 is 4.74 Å². The van der Waals surface area contributed by atoms with Crippen molar-refractivity contribution in [3.63, 3.8) is 0 Å². The molecule has 2 rings (SSSR count). The zero-order chi connectivity index (χ0) is 9.97. The summed E-state index contributed by atoms with van der Waals surface area (Å²) in [6, 6.07) is 5.94. The number of ether oxygens (including phenoxy) is 1. The van der Waals surface area contributed by atoms with Crippen LogP contribution in [0.2, 0.25) is 5.02 Å². The van der Waals surface area contributed by atoms with Gasteiger partial charge in [-0.1, -0.05) is 17.7 Å². The number of rotatable bonds is 1. The normalized spacial score (nSPS) is 22.2. The van der Waals surface area contributed by atoms with E-state index in [1.54, 1.807) is 0 Å². The Balaban J connectivity index is 2.18. The summed E-state index contributed by atoms with van der Waals surface area (Å²) in [5.74, 6) is 0. The highest BCUT2D eigenvalue weighted by Crippen LogP contribution is 2.24. The Kier molecular flexibility index (Phi) is 2.91. The lowest BCUT2D eigenvalue weighted by Crippen LogP contribution is -2.34. The van der Waals surface area contributed by atoms with Gasteiger partial charge >= 0.3 is 0 Å². The minimum Gasteiger partial charge on any atom is -0.398 e. The zero-order valence-electron chi connectivity index (χ0n) is 7.79. The average molecular weight is 213 g/mol. The number of nitrogens with one attached hydrogen (secondary N) is 1. The number of hydrogen-bond donors (Lipinski definition) is 2. The topological polar surface area (TPSA) is 47.3 Å². The maximum atomic E-state index is 5.94. The molecule has 1 saturated heterocycles. The summed E-state index contributed by atoms with van der Waals surface area (Å²) >= 11 is 5.94. The molecule has 0 aliphatic carbocycles. The quantitative estimate of drug-likeness (QED) is 0.695. The van der Waals surface area contributed by atoms with Crippen molar-refractivity contribution in [2.45, 2.75) is 6.04 Å². The molecule has 14 heavy (non-hydrogen) atoms. The number of halogens is 1. The van der Waals surface area contributed by atoms with Crippen molar-refractivity contribution in [2.75, 3.05) is 25.5 Å². The second-order valence-corrected chi connectivity index (χ2v) is 3.77. The Bertz CT molecular complexity index is 324. The SMILES string of the molecule is Nc1ccc([C@H]2COCCN2)cc1Cl. The first-order chi connectivity index (χ1) is 6.77. The third-order valence-electron chi connectivity index (χ3n) is 2.35. The molecule has 3 N–H and O–H groups in total. The van der Waals surface area contributed by atoms with Gasteiger partial charge in [-0.05, 0) is 17.7 Å². The van der Waals surface area contributed by atoms with Crippen LogP contribution in [-0.2, 0) is 4.74 Å². The molecule has 4 heteroatoms. The van der Waals surface area contributed by atoms with Gasteiger partial charge in [0.1, 0.15) is 0 Å². The maximum absolute atomic E-state index is 5.94. The van der Waals surface area contributed by atoms with Crippen LogP contribution in [0.5, 0.6) is 0 Å². The number of anilines is 1. The van der Waals surface area contributed by atoms with Gasteiger partial charge in [0.15, 0.2) is 0 Å². The molecule has 76 valence electrons. The van der Waals surface area contributed by atoms with E-state index >= 15 is 0 Å². The van der Waals surface area contributed by atoms with Crippen molar-refractivity contribution >= 4 is 17.3 Å². The minimum absolute atomic E-state index is 0.238. The zero-order valence-corrected chi connectivity index (χ0v) is 8.55. The highest BCUT2D eigenvalue weighted by Gasteiger charge is 2.15. The second-order valence-electron chi connectivity index (χ2n) is 3.36. The number of nitrogens with two attached hydrogens (primary N) is 1. The van der Waals surface area contributed by atoms with Crippen molar-refractivity contribution in [3.05, 3.63) is 28.8 Å². The van der Waals surface area contributed by atoms with E-state index in [1.807, 2.05) is 18.2 Å². The first-order valence-electron chi connectivity index (χ1n) is 4.63. The lowest BCUT2D eigenvalue weighted by atomic mass is 10.1. The summed E-state index contributed by atoms with van der Waals surface area (Å²) in [4.78, 5) is 0. The van der Waals surface area contributed by atoms with Crippen LogP contribution < -0.4 is 11.1 Å². The van der Waals surface area contributed by atoms with Crippen molar-refractivity contribution in [1.82, 2.24) is 5.32 Å². The molecule has 1 aliphatic heterocycles. The average Bonchev–Trinajstić information content (AvgIpc) is 2.23. The molecule has 0 saturated carbocycles. The Hall–Kier alpha value is -0.770. The van der Waals surface area contributed by atoms with E-state index in [-0.39, 0.29) is 6.04 Å². The van der Waals surface area contributed by atoms with Crippen molar-refractivity contribution in [1.29, 1.82) is 0 Å². The van der Waals surface area contributed by atoms with Crippen LogP contribution in [0.1, 0.15) is 11.6 Å². The number of benzene rings is 1.